The summed E-state index contributed by atoms with van der Waals surface area (Å²) < 4.78 is 26.5. The zero-order valence-corrected chi connectivity index (χ0v) is 11.7. The van der Waals surface area contributed by atoms with Crippen molar-refractivity contribution in [2.45, 2.75) is 37.1 Å². The minimum Gasteiger partial charge on any atom is -0.423 e. The summed E-state index contributed by atoms with van der Waals surface area (Å²) in [5.74, 6) is 0. The molecule has 1 atom stereocenters. The van der Waals surface area contributed by atoms with Crippen molar-refractivity contribution in [1.29, 1.82) is 0 Å². The van der Waals surface area contributed by atoms with Crippen LogP contribution in [0.1, 0.15) is 26.2 Å². The van der Waals surface area contributed by atoms with Crippen molar-refractivity contribution < 1.29 is 18.5 Å². The largest absolute Gasteiger partial charge is 0.488 e. The van der Waals surface area contributed by atoms with E-state index in [2.05, 4.69) is 0 Å². The van der Waals surface area contributed by atoms with Crippen LogP contribution in [0, 0.1) is 0 Å². The summed E-state index contributed by atoms with van der Waals surface area (Å²) in [5, 5.41) is 18.0. The fraction of sp³-hybridized carbons (Fsp3) is 0.500. The molecular formula is C12H18BNO4S. The van der Waals surface area contributed by atoms with Crippen molar-refractivity contribution in [2.75, 3.05) is 6.54 Å². The molecule has 19 heavy (non-hydrogen) atoms. The lowest BCUT2D eigenvalue weighted by atomic mass is 9.81. The van der Waals surface area contributed by atoms with Crippen LogP contribution in [0.2, 0.25) is 0 Å². The van der Waals surface area contributed by atoms with Gasteiger partial charge in [0.1, 0.15) is 0 Å². The third-order valence-corrected chi connectivity index (χ3v) is 5.55. The third kappa shape index (κ3) is 3.00. The average Bonchev–Trinajstić information content (AvgIpc) is 2.39. The van der Waals surface area contributed by atoms with E-state index in [4.69, 9.17) is 10.0 Å². The molecule has 1 aliphatic rings. The molecule has 1 fully saturated rings. The predicted octanol–water partition coefficient (Wildman–Crippen LogP) is -0.0705. The number of rotatable bonds is 3. The van der Waals surface area contributed by atoms with Gasteiger partial charge in [0, 0.05) is 12.6 Å². The van der Waals surface area contributed by atoms with Gasteiger partial charge in [-0.1, -0.05) is 18.6 Å². The van der Waals surface area contributed by atoms with Gasteiger partial charge < -0.3 is 10.0 Å². The molecule has 1 heterocycles. The number of hydrogen-bond donors (Lipinski definition) is 2. The molecule has 1 aromatic rings. The lowest BCUT2D eigenvalue weighted by molar-refractivity contribution is 0.268. The molecule has 0 aromatic heterocycles. The Morgan fingerprint density at radius 1 is 1.21 bits per heavy atom. The van der Waals surface area contributed by atoms with Crippen molar-refractivity contribution in [3.8, 4) is 0 Å². The maximum atomic E-state index is 12.5. The first-order chi connectivity index (χ1) is 8.93. The first-order valence-corrected chi connectivity index (χ1v) is 7.85. The number of sulfonamides is 1. The zero-order valence-electron chi connectivity index (χ0n) is 10.9. The van der Waals surface area contributed by atoms with Gasteiger partial charge in [-0.05, 0) is 37.4 Å². The molecule has 0 aliphatic carbocycles. The minimum absolute atomic E-state index is 0.0156. The lowest BCUT2D eigenvalue weighted by Gasteiger charge is -2.32. The van der Waals surface area contributed by atoms with Gasteiger partial charge in [-0.2, -0.15) is 4.31 Å². The highest BCUT2D eigenvalue weighted by Gasteiger charge is 2.30. The van der Waals surface area contributed by atoms with E-state index in [-0.39, 0.29) is 16.4 Å². The molecule has 1 saturated heterocycles. The second kappa shape index (κ2) is 5.62. The van der Waals surface area contributed by atoms with Gasteiger partial charge in [0.15, 0.2) is 0 Å². The molecule has 0 spiro atoms. The predicted molar refractivity (Wildman–Crippen MR) is 73.5 cm³/mol. The van der Waals surface area contributed by atoms with Crippen LogP contribution in [0.4, 0.5) is 0 Å². The van der Waals surface area contributed by atoms with Crippen LogP contribution < -0.4 is 5.46 Å². The molecule has 0 saturated carbocycles. The molecule has 5 nitrogen and oxygen atoms in total. The quantitative estimate of drug-likeness (QED) is 0.761. The van der Waals surface area contributed by atoms with Crippen LogP contribution in [0.25, 0.3) is 0 Å². The summed E-state index contributed by atoms with van der Waals surface area (Å²) in [4.78, 5) is 0.200. The molecule has 7 heteroatoms. The smallest absolute Gasteiger partial charge is 0.423 e. The van der Waals surface area contributed by atoms with Crippen molar-refractivity contribution in [3.63, 3.8) is 0 Å². The molecule has 0 amide bonds. The van der Waals surface area contributed by atoms with Gasteiger partial charge in [-0.3, -0.25) is 0 Å². The van der Waals surface area contributed by atoms with E-state index in [1.807, 2.05) is 6.92 Å². The van der Waals surface area contributed by atoms with E-state index < -0.39 is 17.1 Å². The van der Waals surface area contributed by atoms with Gasteiger partial charge in [0.05, 0.1) is 4.90 Å². The first kappa shape index (κ1) is 14.5. The van der Waals surface area contributed by atoms with E-state index >= 15 is 0 Å². The molecule has 2 rings (SSSR count). The minimum atomic E-state index is -3.48. The Balaban J connectivity index is 2.28. The fourth-order valence-electron chi connectivity index (χ4n) is 2.38. The maximum absolute atomic E-state index is 12.5. The third-order valence-electron chi connectivity index (χ3n) is 3.53. The van der Waals surface area contributed by atoms with E-state index in [1.54, 1.807) is 0 Å². The number of benzene rings is 1. The highest BCUT2D eigenvalue weighted by atomic mass is 32.2. The Morgan fingerprint density at radius 3 is 2.37 bits per heavy atom. The van der Waals surface area contributed by atoms with E-state index in [9.17, 15) is 8.42 Å². The SMILES string of the molecule is CC1CCCCN1S(=O)(=O)c1ccc(B(O)O)cc1. The molecule has 1 aliphatic heterocycles. The van der Waals surface area contributed by atoms with Gasteiger partial charge in [-0.15, -0.1) is 0 Å². The summed E-state index contributed by atoms with van der Waals surface area (Å²) in [7, 11) is -5.06. The summed E-state index contributed by atoms with van der Waals surface area (Å²) in [6, 6.07) is 5.71. The van der Waals surface area contributed by atoms with Crippen LogP contribution in [0.3, 0.4) is 0 Å². The fourth-order valence-corrected chi connectivity index (χ4v) is 4.08. The molecule has 104 valence electrons. The van der Waals surface area contributed by atoms with Crippen LogP contribution in [0.5, 0.6) is 0 Å². The molecule has 2 N–H and O–H groups in total. The molecule has 0 radical (unpaired) electrons. The van der Waals surface area contributed by atoms with Crippen molar-refractivity contribution in [3.05, 3.63) is 24.3 Å². The Kier molecular flexibility index (Phi) is 4.30. The lowest BCUT2D eigenvalue weighted by Crippen LogP contribution is -2.42. The molecule has 0 bridgehead atoms. The van der Waals surface area contributed by atoms with Crippen molar-refractivity contribution in [1.82, 2.24) is 4.31 Å². The van der Waals surface area contributed by atoms with Crippen LogP contribution in [0.15, 0.2) is 29.2 Å². The standard InChI is InChI=1S/C12H18BNO4S/c1-10-4-2-3-9-14(10)19(17,18)12-7-5-11(6-8-12)13(15)16/h5-8,10,15-16H,2-4,9H2,1H3. The van der Waals surface area contributed by atoms with Crippen molar-refractivity contribution in [2.24, 2.45) is 0 Å². The summed E-state index contributed by atoms with van der Waals surface area (Å²) in [6.07, 6.45) is 2.83. The van der Waals surface area contributed by atoms with Gasteiger partial charge in [0.2, 0.25) is 10.0 Å². The monoisotopic (exact) mass is 283 g/mol. The zero-order chi connectivity index (χ0) is 14.0. The molecular weight excluding hydrogens is 265 g/mol. The van der Waals surface area contributed by atoms with Crippen LogP contribution >= 0.6 is 0 Å². The summed E-state index contributed by atoms with van der Waals surface area (Å²) in [6.45, 7) is 2.47. The highest BCUT2D eigenvalue weighted by Crippen LogP contribution is 2.24. The van der Waals surface area contributed by atoms with Crippen LogP contribution in [-0.2, 0) is 10.0 Å². The van der Waals surface area contributed by atoms with E-state index in [0.29, 0.717) is 6.54 Å². The van der Waals surface area contributed by atoms with Crippen molar-refractivity contribution >= 4 is 22.6 Å². The normalized spacial score (nSPS) is 21.3. The highest BCUT2D eigenvalue weighted by molar-refractivity contribution is 7.89. The summed E-state index contributed by atoms with van der Waals surface area (Å²) in [5.41, 5.74) is 0.283. The second-order valence-electron chi connectivity index (χ2n) is 4.90. The van der Waals surface area contributed by atoms with Gasteiger partial charge in [-0.25, -0.2) is 8.42 Å². The Bertz CT molecular complexity index is 529. The first-order valence-electron chi connectivity index (χ1n) is 6.41. The Hall–Kier alpha value is -0.885. The average molecular weight is 283 g/mol. The number of piperidine rings is 1. The van der Waals surface area contributed by atoms with Gasteiger partial charge >= 0.3 is 7.12 Å². The Labute approximate surface area is 114 Å². The molecule has 1 unspecified atom stereocenters. The second-order valence-corrected chi connectivity index (χ2v) is 6.79. The summed E-state index contributed by atoms with van der Waals surface area (Å²) >= 11 is 0. The molecule has 1 aromatic carbocycles. The Morgan fingerprint density at radius 2 is 1.84 bits per heavy atom. The maximum Gasteiger partial charge on any atom is 0.488 e. The van der Waals surface area contributed by atoms with E-state index in [0.717, 1.165) is 19.3 Å². The van der Waals surface area contributed by atoms with Crippen LogP contribution in [-0.4, -0.2) is 42.5 Å². The van der Waals surface area contributed by atoms with E-state index in [1.165, 1.54) is 28.6 Å². The van der Waals surface area contributed by atoms with Gasteiger partial charge in [0.25, 0.3) is 0 Å². The number of hydrogen-bond acceptors (Lipinski definition) is 4. The topological polar surface area (TPSA) is 77.8 Å². The number of nitrogens with zero attached hydrogens (tertiary/aromatic N) is 1.